The molecule has 1 heterocycles. The first-order valence-corrected chi connectivity index (χ1v) is 2.62. The third-order valence-electron chi connectivity index (χ3n) is 0.592. The van der Waals surface area contributed by atoms with Gasteiger partial charge in [0, 0.05) is 0 Å². The van der Waals surface area contributed by atoms with Crippen LogP contribution in [0.15, 0.2) is 54.4 Å². The summed E-state index contributed by atoms with van der Waals surface area (Å²) in [4.78, 5) is 0. The standard InChI is InChI=1S/C4H4O.C4H6/c1-2-4-5-3-1;1-3-4-2/h1-4H;3-4H,1-2H2. The van der Waals surface area contributed by atoms with E-state index in [2.05, 4.69) is 17.6 Å². The van der Waals surface area contributed by atoms with Gasteiger partial charge in [0.15, 0.2) is 0 Å². The molecule has 0 bridgehead atoms. The van der Waals surface area contributed by atoms with Crippen LogP contribution in [0, 0.1) is 0 Å². The molecule has 1 aromatic rings. The molecule has 0 aromatic carbocycles. The highest BCUT2D eigenvalue weighted by Crippen LogP contribution is 1.79. The van der Waals surface area contributed by atoms with Gasteiger partial charge in [0.1, 0.15) is 0 Å². The Morgan fingerprint density at radius 1 is 1.00 bits per heavy atom. The van der Waals surface area contributed by atoms with E-state index in [1.807, 2.05) is 12.1 Å². The summed E-state index contributed by atoms with van der Waals surface area (Å²) in [6.45, 7) is 6.72. The van der Waals surface area contributed by atoms with Gasteiger partial charge in [-0.1, -0.05) is 25.3 Å². The first-order chi connectivity index (χ1) is 4.41. The Balaban J connectivity index is 0.000000148. The molecule has 48 valence electrons. The van der Waals surface area contributed by atoms with Crippen LogP contribution in [-0.2, 0) is 0 Å². The van der Waals surface area contributed by atoms with Crippen LogP contribution in [-0.4, -0.2) is 0 Å². The molecule has 0 radical (unpaired) electrons. The first-order valence-electron chi connectivity index (χ1n) is 2.62. The summed E-state index contributed by atoms with van der Waals surface area (Å²) in [5.74, 6) is 0. The fraction of sp³-hybridized carbons (Fsp3) is 0. The van der Waals surface area contributed by atoms with Gasteiger partial charge >= 0.3 is 0 Å². The lowest BCUT2D eigenvalue weighted by atomic mass is 10.6. The van der Waals surface area contributed by atoms with Crippen LogP contribution in [0.1, 0.15) is 0 Å². The molecule has 1 aromatic heterocycles. The quantitative estimate of drug-likeness (QED) is 0.522. The Morgan fingerprint density at radius 2 is 1.44 bits per heavy atom. The molecular weight excluding hydrogens is 112 g/mol. The lowest BCUT2D eigenvalue weighted by Crippen LogP contribution is -1.21. The van der Waals surface area contributed by atoms with Crippen molar-refractivity contribution >= 4 is 0 Å². The molecule has 0 aliphatic carbocycles. The minimum absolute atomic E-state index is 1.62. The smallest absolute Gasteiger partial charge is 0.0902 e. The molecule has 0 aliphatic rings. The third-order valence-corrected chi connectivity index (χ3v) is 0.592. The highest BCUT2D eigenvalue weighted by Gasteiger charge is 1.58. The summed E-state index contributed by atoms with van der Waals surface area (Å²) in [6, 6.07) is 3.67. The number of furan rings is 1. The minimum atomic E-state index is 1.62. The SMILES string of the molecule is C=CC=C.c1ccoc1. The largest absolute Gasteiger partial charge is 0.473 e. The average molecular weight is 122 g/mol. The minimum Gasteiger partial charge on any atom is -0.473 e. The lowest BCUT2D eigenvalue weighted by molar-refractivity contribution is 0.567. The monoisotopic (exact) mass is 122 g/mol. The predicted molar refractivity (Wildman–Crippen MR) is 39.1 cm³/mol. The molecule has 0 fully saturated rings. The normalized spacial score (nSPS) is 6.67. The summed E-state index contributed by atoms with van der Waals surface area (Å²) >= 11 is 0. The van der Waals surface area contributed by atoms with Crippen molar-refractivity contribution in [3.63, 3.8) is 0 Å². The fourth-order valence-electron chi connectivity index (χ4n) is 0.227. The highest BCUT2D eigenvalue weighted by atomic mass is 16.3. The maximum Gasteiger partial charge on any atom is 0.0902 e. The average Bonchev–Trinajstić information content (AvgIpc) is 2.43. The van der Waals surface area contributed by atoms with Crippen LogP contribution >= 0.6 is 0 Å². The zero-order valence-corrected chi connectivity index (χ0v) is 5.29. The molecule has 0 N–H and O–H groups in total. The van der Waals surface area contributed by atoms with Gasteiger partial charge in [-0.2, -0.15) is 0 Å². The van der Waals surface area contributed by atoms with E-state index >= 15 is 0 Å². The van der Waals surface area contributed by atoms with E-state index in [9.17, 15) is 0 Å². The summed E-state index contributed by atoms with van der Waals surface area (Å²) in [7, 11) is 0. The lowest BCUT2D eigenvalue weighted by Gasteiger charge is -1.50. The molecule has 0 saturated heterocycles. The van der Waals surface area contributed by atoms with E-state index in [1.54, 1.807) is 24.7 Å². The van der Waals surface area contributed by atoms with Crippen molar-refractivity contribution in [3.05, 3.63) is 50.0 Å². The maximum atomic E-state index is 4.58. The second-order valence-corrected chi connectivity index (χ2v) is 1.26. The van der Waals surface area contributed by atoms with Crippen LogP contribution < -0.4 is 0 Å². The van der Waals surface area contributed by atoms with Crippen molar-refractivity contribution in [1.29, 1.82) is 0 Å². The summed E-state index contributed by atoms with van der Waals surface area (Å²) in [5, 5.41) is 0. The van der Waals surface area contributed by atoms with Crippen LogP contribution in [0.25, 0.3) is 0 Å². The van der Waals surface area contributed by atoms with Gasteiger partial charge in [0.05, 0.1) is 12.5 Å². The second kappa shape index (κ2) is 6.76. The highest BCUT2D eigenvalue weighted by molar-refractivity contribution is 4.88. The molecule has 0 aliphatic heterocycles. The van der Waals surface area contributed by atoms with Gasteiger partial charge in [0.25, 0.3) is 0 Å². The Kier molecular flexibility index (Phi) is 5.83. The Morgan fingerprint density at radius 3 is 1.56 bits per heavy atom. The van der Waals surface area contributed by atoms with Crippen molar-refractivity contribution in [3.8, 4) is 0 Å². The van der Waals surface area contributed by atoms with Gasteiger partial charge in [-0.3, -0.25) is 0 Å². The molecule has 0 atom stereocenters. The third kappa shape index (κ3) is 6.76. The zero-order chi connectivity index (χ0) is 6.95. The molecular formula is C8H10O. The summed E-state index contributed by atoms with van der Waals surface area (Å²) < 4.78 is 4.58. The molecule has 0 spiro atoms. The fourth-order valence-corrected chi connectivity index (χ4v) is 0.227. The maximum absolute atomic E-state index is 4.58. The van der Waals surface area contributed by atoms with Crippen LogP contribution in [0.3, 0.4) is 0 Å². The molecule has 1 nitrogen and oxygen atoms in total. The molecule has 0 saturated carbocycles. The Hall–Kier alpha value is -1.24. The van der Waals surface area contributed by atoms with Crippen LogP contribution in [0.4, 0.5) is 0 Å². The van der Waals surface area contributed by atoms with Gasteiger partial charge in [-0.05, 0) is 12.1 Å². The van der Waals surface area contributed by atoms with E-state index in [-0.39, 0.29) is 0 Å². The van der Waals surface area contributed by atoms with Gasteiger partial charge < -0.3 is 4.42 Å². The molecule has 1 heteroatoms. The van der Waals surface area contributed by atoms with E-state index in [0.29, 0.717) is 0 Å². The van der Waals surface area contributed by atoms with Crippen molar-refractivity contribution in [2.45, 2.75) is 0 Å². The first kappa shape index (κ1) is 7.76. The molecule has 1 rings (SSSR count). The number of allylic oxidation sites excluding steroid dienone is 2. The molecule has 9 heavy (non-hydrogen) atoms. The number of rotatable bonds is 1. The van der Waals surface area contributed by atoms with Gasteiger partial charge in [-0.25, -0.2) is 0 Å². The number of hydrogen-bond acceptors (Lipinski definition) is 1. The second-order valence-electron chi connectivity index (χ2n) is 1.26. The predicted octanol–water partition coefficient (Wildman–Crippen LogP) is 2.64. The van der Waals surface area contributed by atoms with Crippen molar-refractivity contribution in [2.75, 3.05) is 0 Å². The van der Waals surface area contributed by atoms with E-state index in [4.69, 9.17) is 0 Å². The van der Waals surface area contributed by atoms with Gasteiger partial charge in [0.2, 0.25) is 0 Å². The molecule has 0 amide bonds. The van der Waals surface area contributed by atoms with Crippen LogP contribution in [0.2, 0.25) is 0 Å². The van der Waals surface area contributed by atoms with E-state index < -0.39 is 0 Å². The van der Waals surface area contributed by atoms with Crippen molar-refractivity contribution < 1.29 is 4.42 Å². The number of hydrogen-bond donors (Lipinski definition) is 0. The van der Waals surface area contributed by atoms with Crippen LogP contribution in [0.5, 0.6) is 0 Å². The van der Waals surface area contributed by atoms with Crippen molar-refractivity contribution in [1.82, 2.24) is 0 Å². The molecule has 0 unspecified atom stereocenters. The summed E-state index contributed by atoms with van der Waals surface area (Å²) in [6.07, 6.45) is 6.53. The summed E-state index contributed by atoms with van der Waals surface area (Å²) in [5.41, 5.74) is 0. The zero-order valence-electron chi connectivity index (χ0n) is 5.29. The van der Waals surface area contributed by atoms with E-state index in [1.165, 1.54) is 0 Å². The van der Waals surface area contributed by atoms with E-state index in [0.717, 1.165) is 0 Å². The van der Waals surface area contributed by atoms with Crippen molar-refractivity contribution in [2.24, 2.45) is 0 Å². The Bertz CT molecular complexity index is 116. The van der Waals surface area contributed by atoms with Gasteiger partial charge in [-0.15, -0.1) is 0 Å². The Labute approximate surface area is 55.3 Å². The topological polar surface area (TPSA) is 13.1 Å².